The van der Waals surface area contributed by atoms with Gasteiger partial charge in [-0.15, -0.1) is 0 Å². The van der Waals surface area contributed by atoms with Gasteiger partial charge in [-0.3, -0.25) is 4.79 Å². The number of carbonyl (C=O) groups is 1. The topological polar surface area (TPSA) is 63.7 Å². The molecule has 0 saturated heterocycles. The van der Waals surface area contributed by atoms with Crippen LogP contribution in [0.2, 0.25) is 0 Å². The molecule has 1 aromatic rings. The molecule has 136 valence electrons. The molecule has 1 rings (SSSR count). The average molecular weight is 356 g/mol. The maximum absolute atomic E-state index is 12.4. The van der Waals surface area contributed by atoms with Gasteiger partial charge in [0.05, 0.1) is 5.25 Å². The van der Waals surface area contributed by atoms with Gasteiger partial charge in [0.1, 0.15) is 5.75 Å². The Morgan fingerprint density at radius 3 is 2.29 bits per heavy atom. The van der Waals surface area contributed by atoms with Crippen molar-refractivity contribution in [1.29, 1.82) is 0 Å². The van der Waals surface area contributed by atoms with E-state index in [1.807, 2.05) is 38.7 Å². The lowest BCUT2D eigenvalue weighted by atomic mass is 10.1. The van der Waals surface area contributed by atoms with Crippen LogP contribution in [0, 0.1) is 5.92 Å². The van der Waals surface area contributed by atoms with Crippen molar-refractivity contribution in [2.24, 2.45) is 5.92 Å². The van der Waals surface area contributed by atoms with Crippen molar-refractivity contribution in [2.75, 3.05) is 0 Å². The Hall–Kier alpha value is -1.56. The minimum atomic E-state index is -3.63. The van der Waals surface area contributed by atoms with Crippen LogP contribution in [-0.2, 0) is 21.5 Å². The molecular formula is C18H29NO4S. The van der Waals surface area contributed by atoms with Crippen LogP contribution in [0.4, 0.5) is 0 Å². The van der Waals surface area contributed by atoms with E-state index >= 15 is 0 Å². The monoisotopic (exact) mass is 355 g/mol. The van der Waals surface area contributed by atoms with Crippen LogP contribution in [-0.4, -0.2) is 30.5 Å². The molecule has 1 aromatic carbocycles. The molecule has 1 atom stereocenters. The summed E-state index contributed by atoms with van der Waals surface area (Å²) in [4.78, 5) is 14.3. The Bertz CT molecular complexity index is 653. The molecule has 0 aliphatic heterocycles. The van der Waals surface area contributed by atoms with Crippen LogP contribution in [0.15, 0.2) is 24.3 Å². The first-order valence-electron chi connectivity index (χ1n) is 8.41. The molecule has 0 fully saturated rings. The van der Waals surface area contributed by atoms with Gasteiger partial charge < -0.3 is 9.08 Å². The van der Waals surface area contributed by atoms with E-state index < -0.39 is 15.4 Å². The highest BCUT2D eigenvalue weighted by Gasteiger charge is 2.22. The molecule has 0 N–H and O–H groups in total. The van der Waals surface area contributed by atoms with Crippen molar-refractivity contribution in [3.05, 3.63) is 29.8 Å². The normalized spacial score (nSPS) is 13.2. The Labute approximate surface area is 146 Å². The van der Waals surface area contributed by atoms with Crippen LogP contribution < -0.4 is 4.18 Å². The number of hydrogen-bond acceptors (Lipinski definition) is 4. The summed E-state index contributed by atoms with van der Waals surface area (Å²) in [5.41, 5.74) is 0.848. The summed E-state index contributed by atoms with van der Waals surface area (Å²) in [5.74, 6) is 0.285. The SMILES string of the molecule is CC[C@H](C)N(Cc1cccc(OS(=O)(=O)C(C)C)c1)C(=O)C(C)C. The second-order valence-electron chi connectivity index (χ2n) is 6.65. The van der Waals surface area contributed by atoms with Crippen LogP contribution in [0.3, 0.4) is 0 Å². The first kappa shape index (κ1) is 20.5. The minimum Gasteiger partial charge on any atom is -0.382 e. The molecular weight excluding hydrogens is 326 g/mol. The summed E-state index contributed by atoms with van der Waals surface area (Å²) >= 11 is 0. The molecule has 0 unspecified atom stereocenters. The fraction of sp³-hybridized carbons (Fsp3) is 0.611. The van der Waals surface area contributed by atoms with Crippen LogP contribution in [0.25, 0.3) is 0 Å². The van der Waals surface area contributed by atoms with Crippen LogP contribution in [0.5, 0.6) is 5.75 Å². The summed E-state index contributed by atoms with van der Waals surface area (Å²) < 4.78 is 28.9. The van der Waals surface area contributed by atoms with Gasteiger partial charge in [-0.1, -0.05) is 32.9 Å². The summed E-state index contributed by atoms with van der Waals surface area (Å²) in [7, 11) is -3.63. The third-order valence-corrected chi connectivity index (χ3v) is 5.52. The highest BCUT2D eigenvalue weighted by Crippen LogP contribution is 2.20. The summed E-state index contributed by atoms with van der Waals surface area (Å²) in [6, 6.07) is 7.03. The molecule has 0 aliphatic rings. The van der Waals surface area contributed by atoms with Gasteiger partial charge in [-0.25, -0.2) is 0 Å². The molecule has 24 heavy (non-hydrogen) atoms. The van der Waals surface area contributed by atoms with Crippen molar-refractivity contribution in [3.8, 4) is 5.75 Å². The van der Waals surface area contributed by atoms with Gasteiger partial charge >= 0.3 is 10.1 Å². The molecule has 6 heteroatoms. The number of hydrogen-bond donors (Lipinski definition) is 0. The van der Waals surface area contributed by atoms with E-state index in [0.29, 0.717) is 6.54 Å². The smallest absolute Gasteiger partial charge is 0.311 e. The molecule has 0 aromatic heterocycles. The molecule has 1 amide bonds. The minimum absolute atomic E-state index is 0.0836. The largest absolute Gasteiger partial charge is 0.382 e. The molecule has 0 aliphatic carbocycles. The fourth-order valence-electron chi connectivity index (χ4n) is 2.13. The number of carbonyl (C=O) groups excluding carboxylic acids is 1. The molecule has 0 heterocycles. The zero-order valence-electron chi connectivity index (χ0n) is 15.4. The summed E-state index contributed by atoms with van der Waals surface area (Å²) in [6.07, 6.45) is 0.858. The first-order valence-corrected chi connectivity index (χ1v) is 9.88. The van der Waals surface area contributed by atoms with Crippen molar-refractivity contribution in [1.82, 2.24) is 4.90 Å². The third-order valence-electron chi connectivity index (χ3n) is 3.94. The van der Waals surface area contributed by atoms with E-state index in [-0.39, 0.29) is 23.6 Å². The Kier molecular flexibility index (Phi) is 7.27. The van der Waals surface area contributed by atoms with Crippen LogP contribution in [0.1, 0.15) is 53.5 Å². The molecule has 0 spiro atoms. The van der Waals surface area contributed by atoms with Gasteiger partial charge in [0.15, 0.2) is 0 Å². The zero-order valence-corrected chi connectivity index (χ0v) is 16.3. The fourth-order valence-corrected chi connectivity index (χ4v) is 2.69. The number of amides is 1. The standard InChI is InChI=1S/C18H29NO4S/c1-7-15(6)19(18(20)13(2)3)12-16-9-8-10-17(11-16)23-24(21,22)14(4)5/h8-11,13-15H,7,12H2,1-6H3/t15-/m0/s1. The van der Waals surface area contributed by atoms with Crippen molar-refractivity contribution >= 4 is 16.0 Å². The lowest BCUT2D eigenvalue weighted by molar-refractivity contribution is -0.137. The van der Waals surface area contributed by atoms with Gasteiger partial charge in [0.25, 0.3) is 0 Å². The van der Waals surface area contributed by atoms with E-state index in [1.54, 1.807) is 32.0 Å². The average Bonchev–Trinajstić information content (AvgIpc) is 2.50. The maximum Gasteiger partial charge on any atom is 0.311 e. The molecule has 0 saturated carbocycles. The molecule has 5 nitrogen and oxygen atoms in total. The van der Waals surface area contributed by atoms with E-state index in [1.165, 1.54) is 0 Å². The quantitative estimate of drug-likeness (QED) is 0.669. The highest BCUT2D eigenvalue weighted by atomic mass is 32.2. The van der Waals surface area contributed by atoms with E-state index in [9.17, 15) is 13.2 Å². The summed E-state index contributed by atoms with van der Waals surface area (Å²) in [6.45, 7) is 11.4. The van der Waals surface area contributed by atoms with E-state index in [4.69, 9.17) is 4.18 Å². The molecule has 0 radical (unpaired) electrons. The maximum atomic E-state index is 12.4. The Morgan fingerprint density at radius 1 is 1.17 bits per heavy atom. The van der Waals surface area contributed by atoms with Crippen LogP contribution >= 0.6 is 0 Å². The van der Waals surface area contributed by atoms with Crippen molar-refractivity contribution in [3.63, 3.8) is 0 Å². The highest BCUT2D eigenvalue weighted by molar-refractivity contribution is 7.87. The van der Waals surface area contributed by atoms with Crippen molar-refractivity contribution < 1.29 is 17.4 Å². The van der Waals surface area contributed by atoms with Crippen molar-refractivity contribution in [2.45, 2.75) is 65.8 Å². The zero-order chi connectivity index (χ0) is 18.5. The predicted octanol–water partition coefficient (Wildman–Crippen LogP) is 3.59. The summed E-state index contributed by atoms with van der Waals surface area (Å²) in [5, 5.41) is -0.611. The number of nitrogens with zero attached hydrogens (tertiary/aromatic N) is 1. The van der Waals surface area contributed by atoms with E-state index in [0.717, 1.165) is 12.0 Å². The number of benzene rings is 1. The van der Waals surface area contributed by atoms with E-state index in [2.05, 4.69) is 0 Å². The Morgan fingerprint density at radius 2 is 1.79 bits per heavy atom. The second kappa shape index (κ2) is 8.51. The van der Waals surface area contributed by atoms with Gasteiger partial charge in [0, 0.05) is 18.5 Å². The van der Waals surface area contributed by atoms with Gasteiger partial charge in [-0.2, -0.15) is 8.42 Å². The van der Waals surface area contributed by atoms with Gasteiger partial charge in [0.2, 0.25) is 5.91 Å². The third kappa shape index (κ3) is 5.51. The lowest BCUT2D eigenvalue weighted by Crippen LogP contribution is -2.40. The van der Waals surface area contributed by atoms with Gasteiger partial charge in [-0.05, 0) is 44.9 Å². The Balaban J connectivity index is 3.01. The lowest BCUT2D eigenvalue weighted by Gasteiger charge is -2.30. The predicted molar refractivity (Wildman–Crippen MR) is 96.3 cm³/mol. The first-order chi connectivity index (χ1) is 11.1. The number of rotatable bonds is 8. The molecule has 0 bridgehead atoms. The second-order valence-corrected chi connectivity index (χ2v) is 8.75.